The average molecular weight is 509 g/mol. The third-order valence-electron chi connectivity index (χ3n) is 6.99. The molecule has 190 valence electrons. The first kappa shape index (κ1) is 24.3. The van der Waals surface area contributed by atoms with E-state index < -0.39 is 0 Å². The molecule has 4 nitrogen and oxygen atoms in total. The van der Waals surface area contributed by atoms with Crippen LogP contribution in [0.25, 0.3) is 22.3 Å². The second kappa shape index (κ2) is 10.7. The fraction of sp³-hybridized carbons (Fsp3) is 0.0571. The number of rotatable bonds is 7. The number of hydrogen-bond donors (Lipinski definition) is 1. The maximum Gasteiger partial charge on any atom is 0.275 e. The fourth-order valence-corrected chi connectivity index (χ4v) is 5.01. The highest BCUT2D eigenvalue weighted by Gasteiger charge is 2.35. The van der Waals surface area contributed by atoms with Gasteiger partial charge in [-0.05, 0) is 70.3 Å². The van der Waals surface area contributed by atoms with E-state index in [0.717, 1.165) is 44.9 Å². The van der Waals surface area contributed by atoms with Crippen LogP contribution >= 0.6 is 0 Å². The molecule has 5 aromatic carbocycles. The number of nitrogens with one attached hydrogen (secondary N) is 1. The summed E-state index contributed by atoms with van der Waals surface area (Å²) in [5.74, 6) is 0.701. The molecule has 1 aliphatic rings. The van der Waals surface area contributed by atoms with Gasteiger partial charge in [-0.2, -0.15) is 0 Å². The Kier molecular flexibility index (Phi) is 6.67. The molecule has 4 heteroatoms. The number of methoxy groups -OCH3 is 1. The van der Waals surface area contributed by atoms with Crippen molar-refractivity contribution in [3.8, 4) is 28.0 Å². The summed E-state index contributed by atoms with van der Waals surface area (Å²) in [6, 6.07) is 44.4. The van der Waals surface area contributed by atoms with Gasteiger partial charge >= 0.3 is 0 Å². The average Bonchev–Trinajstić information content (AvgIpc) is 3.33. The van der Waals surface area contributed by atoms with Gasteiger partial charge in [0.05, 0.1) is 13.2 Å². The lowest BCUT2D eigenvalue weighted by atomic mass is 10.0. The first-order chi connectivity index (χ1) is 19.2. The van der Waals surface area contributed by atoms with Gasteiger partial charge in [0.25, 0.3) is 5.91 Å². The lowest BCUT2D eigenvalue weighted by Gasteiger charge is -2.26. The molecule has 1 heterocycles. The maximum atomic E-state index is 14.0. The number of benzene rings is 5. The van der Waals surface area contributed by atoms with E-state index in [-0.39, 0.29) is 11.9 Å². The van der Waals surface area contributed by atoms with E-state index >= 15 is 0 Å². The lowest BCUT2D eigenvalue weighted by molar-refractivity contribution is -0.114. The minimum Gasteiger partial charge on any atom is -0.497 e. The van der Waals surface area contributed by atoms with E-state index in [2.05, 4.69) is 53.8 Å². The SMILES string of the molecule is COc1ccc([C@H]2C=C(Nc3cccc(-c4ccccc4)c3)C(=O)N2c2cccc(-c3ccccc3)c2)cc1. The molecule has 1 atom stereocenters. The molecule has 0 fully saturated rings. The van der Waals surface area contributed by atoms with Gasteiger partial charge in [-0.25, -0.2) is 0 Å². The molecule has 0 bridgehead atoms. The van der Waals surface area contributed by atoms with Crippen LogP contribution in [-0.2, 0) is 4.79 Å². The highest BCUT2D eigenvalue weighted by Crippen LogP contribution is 2.38. The lowest BCUT2D eigenvalue weighted by Crippen LogP contribution is -2.30. The zero-order valence-electron chi connectivity index (χ0n) is 21.6. The summed E-state index contributed by atoms with van der Waals surface area (Å²) in [6.07, 6.45) is 2.01. The molecule has 5 aromatic rings. The van der Waals surface area contributed by atoms with Gasteiger partial charge in [0.1, 0.15) is 11.4 Å². The van der Waals surface area contributed by atoms with Crippen LogP contribution in [0.1, 0.15) is 11.6 Å². The normalized spacial score (nSPS) is 14.7. The number of amides is 1. The molecule has 39 heavy (non-hydrogen) atoms. The molecular formula is C35H28N2O2. The monoisotopic (exact) mass is 508 g/mol. The Morgan fingerprint density at radius 3 is 1.87 bits per heavy atom. The molecule has 0 aromatic heterocycles. The van der Waals surface area contributed by atoms with Gasteiger partial charge in [-0.1, -0.05) is 97.1 Å². The smallest absolute Gasteiger partial charge is 0.275 e. The van der Waals surface area contributed by atoms with Gasteiger partial charge in [-0.3, -0.25) is 9.69 Å². The molecule has 1 aliphatic heterocycles. The summed E-state index contributed by atoms with van der Waals surface area (Å²) in [5, 5.41) is 3.41. The van der Waals surface area contributed by atoms with Crippen LogP contribution in [0.5, 0.6) is 5.75 Å². The molecule has 0 saturated carbocycles. The Morgan fingerprint density at radius 1 is 0.641 bits per heavy atom. The quantitative estimate of drug-likeness (QED) is 0.241. The van der Waals surface area contributed by atoms with Gasteiger partial charge < -0.3 is 10.1 Å². The predicted octanol–water partition coefficient (Wildman–Crippen LogP) is 8.11. The third kappa shape index (κ3) is 5.05. The standard InChI is InChI=1S/C35H28N2O2/c1-39-32-20-18-27(19-21-32)34-24-33(36-30-16-8-14-28(22-30)25-10-4-2-5-11-25)35(38)37(34)31-17-9-15-29(23-31)26-12-6-3-7-13-26/h2-24,34,36H,1H3/t34-/m1/s1. The minimum absolute atomic E-state index is 0.0776. The zero-order valence-corrected chi connectivity index (χ0v) is 21.6. The molecule has 0 aliphatic carbocycles. The maximum absolute atomic E-state index is 14.0. The van der Waals surface area contributed by atoms with Crippen molar-refractivity contribution in [3.05, 3.63) is 151 Å². The van der Waals surface area contributed by atoms with Gasteiger partial charge in [-0.15, -0.1) is 0 Å². The molecule has 1 amide bonds. The van der Waals surface area contributed by atoms with Crippen LogP contribution in [-0.4, -0.2) is 13.0 Å². The van der Waals surface area contributed by atoms with Crippen LogP contribution in [0.4, 0.5) is 11.4 Å². The number of carbonyl (C=O) groups excluding carboxylic acids is 1. The van der Waals surface area contributed by atoms with Crippen LogP contribution in [0.3, 0.4) is 0 Å². The largest absolute Gasteiger partial charge is 0.497 e. The second-order valence-electron chi connectivity index (χ2n) is 9.46. The fourth-order valence-electron chi connectivity index (χ4n) is 5.01. The summed E-state index contributed by atoms with van der Waals surface area (Å²) in [4.78, 5) is 15.8. The number of anilines is 2. The van der Waals surface area contributed by atoms with Crippen molar-refractivity contribution >= 4 is 17.3 Å². The minimum atomic E-state index is -0.269. The Labute approximate surface area is 228 Å². The third-order valence-corrected chi connectivity index (χ3v) is 6.99. The molecule has 1 N–H and O–H groups in total. The van der Waals surface area contributed by atoms with E-state index in [9.17, 15) is 4.79 Å². The summed E-state index contributed by atoms with van der Waals surface area (Å²) in [5.41, 5.74) is 7.64. The van der Waals surface area contributed by atoms with Gasteiger partial charge in [0.2, 0.25) is 0 Å². The second-order valence-corrected chi connectivity index (χ2v) is 9.46. The Balaban J connectivity index is 1.37. The van der Waals surface area contributed by atoms with Crippen molar-refractivity contribution in [1.82, 2.24) is 0 Å². The van der Waals surface area contributed by atoms with E-state index in [0.29, 0.717) is 5.70 Å². The number of ether oxygens (including phenoxy) is 1. The summed E-state index contributed by atoms with van der Waals surface area (Å²) in [7, 11) is 1.65. The van der Waals surface area contributed by atoms with Crippen molar-refractivity contribution in [2.45, 2.75) is 6.04 Å². The van der Waals surface area contributed by atoms with Crippen molar-refractivity contribution < 1.29 is 9.53 Å². The van der Waals surface area contributed by atoms with Gasteiger partial charge in [0.15, 0.2) is 0 Å². The summed E-state index contributed by atoms with van der Waals surface area (Å²) < 4.78 is 5.37. The zero-order chi connectivity index (χ0) is 26.6. The van der Waals surface area contributed by atoms with Crippen LogP contribution in [0, 0.1) is 0 Å². The predicted molar refractivity (Wildman–Crippen MR) is 159 cm³/mol. The first-order valence-electron chi connectivity index (χ1n) is 13.0. The highest BCUT2D eigenvalue weighted by atomic mass is 16.5. The summed E-state index contributed by atoms with van der Waals surface area (Å²) >= 11 is 0. The molecule has 6 rings (SSSR count). The summed E-state index contributed by atoms with van der Waals surface area (Å²) in [6.45, 7) is 0. The highest BCUT2D eigenvalue weighted by molar-refractivity contribution is 6.11. The van der Waals surface area contributed by atoms with Crippen molar-refractivity contribution in [3.63, 3.8) is 0 Å². The van der Waals surface area contributed by atoms with E-state index in [4.69, 9.17) is 4.74 Å². The number of nitrogens with zero attached hydrogens (tertiary/aromatic N) is 1. The van der Waals surface area contributed by atoms with Crippen LogP contribution in [0.15, 0.2) is 145 Å². The van der Waals surface area contributed by atoms with Crippen LogP contribution < -0.4 is 15.0 Å². The Hall–Kier alpha value is -5.09. The van der Waals surface area contributed by atoms with Crippen LogP contribution in [0.2, 0.25) is 0 Å². The molecule has 0 saturated heterocycles. The number of hydrogen-bond acceptors (Lipinski definition) is 3. The Bertz CT molecular complexity index is 1630. The van der Waals surface area contributed by atoms with Crippen molar-refractivity contribution in [1.29, 1.82) is 0 Å². The molecular weight excluding hydrogens is 480 g/mol. The first-order valence-corrected chi connectivity index (χ1v) is 13.0. The molecule has 0 radical (unpaired) electrons. The van der Waals surface area contributed by atoms with Crippen molar-refractivity contribution in [2.75, 3.05) is 17.3 Å². The Morgan fingerprint density at radius 2 is 1.23 bits per heavy atom. The number of carbonyl (C=O) groups is 1. The van der Waals surface area contributed by atoms with Gasteiger partial charge in [0, 0.05) is 11.4 Å². The molecule has 0 unspecified atom stereocenters. The molecule has 0 spiro atoms. The van der Waals surface area contributed by atoms with E-state index in [1.165, 1.54) is 0 Å². The van der Waals surface area contributed by atoms with E-state index in [1.54, 1.807) is 7.11 Å². The van der Waals surface area contributed by atoms with E-state index in [1.807, 2.05) is 95.9 Å². The van der Waals surface area contributed by atoms with Crippen molar-refractivity contribution in [2.24, 2.45) is 0 Å². The topological polar surface area (TPSA) is 41.6 Å².